The second-order valence-electron chi connectivity index (χ2n) is 6.90. The predicted molar refractivity (Wildman–Crippen MR) is 118 cm³/mol. The summed E-state index contributed by atoms with van der Waals surface area (Å²) in [5, 5.41) is 9.02. The van der Waals surface area contributed by atoms with Gasteiger partial charge in [-0.25, -0.2) is 14.8 Å². The molecule has 5 rings (SSSR count). The van der Waals surface area contributed by atoms with E-state index in [1.54, 1.807) is 17.7 Å². The van der Waals surface area contributed by atoms with Gasteiger partial charge in [-0.1, -0.05) is 30.3 Å². The quantitative estimate of drug-likeness (QED) is 0.512. The summed E-state index contributed by atoms with van der Waals surface area (Å²) < 4.78 is 0. The fourth-order valence-electron chi connectivity index (χ4n) is 3.74. The van der Waals surface area contributed by atoms with E-state index in [2.05, 4.69) is 37.6 Å². The summed E-state index contributed by atoms with van der Waals surface area (Å²) in [5.41, 5.74) is 4.02. The maximum Gasteiger partial charge on any atom is 0.323 e. The first-order chi connectivity index (χ1) is 14.3. The number of thiophene rings is 1. The number of hydrogen-bond donors (Lipinski definition) is 2. The van der Waals surface area contributed by atoms with Crippen LogP contribution < -0.4 is 15.5 Å². The molecule has 0 bridgehead atoms. The van der Waals surface area contributed by atoms with Gasteiger partial charge in [0.2, 0.25) is 0 Å². The van der Waals surface area contributed by atoms with Crippen LogP contribution in [0.3, 0.4) is 0 Å². The highest BCUT2D eigenvalue weighted by atomic mass is 32.1. The highest BCUT2D eigenvalue weighted by molar-refractivity contribution is 7.16. The molecule has 2 aromatic carbocycles. The Morgan fingerprint density at radius 2 is 1.90 bits per heavy atom. The Bertz CT molecular complexity index is 1170. The van der Waals surface area contributed by atoms with Gasteiger partial charge in [-0.2, -0.15) is 0 Å². The Hall–Kier alpha value is -3.45. The molecular formula is C22H19N5OS. The summed E-state index contributed by atoms with van der Waals surface area (Å²) in [5.74, 6) is 0.974. The minimum atomic E-state index is -0.234. The van der Waals surface area contributed by atoms with E-state index in [1.165, 1.54) is 11.1 Å². The van der Waals surface area contributed by atoms with E-state index < -0.39 is 0 Å². The van der Waals surface area contributed by atoms with Gasteiger partial charge in [0.1, 0.15) is 17.0 Å². The Balaban J connectivity index is 1.36. The van der Waals surface area contributed by atoms with Crippen molar-refractivity contribution >= 4 is 44.8 Å². The molecule has 0 saturated carbocycles. The van der Waals surface area contributed by atoms with Gasteiger partial charge in [0.25, 0.3) is 0 Å². The van der Waals surface area contributed by atoms with Crippen LogP contribution in [0.15, 0.2) is 66.3 Å². The van der Waals surface area contributed by atoms with Crippen LogP contribution in [0.4, 0.5) is 22.0 Å². The van der Waals surface area contributed by atoms with Crippen LogP contribution in [0, 0.1) is 0 Å². The molecule has 144 valence electrons. The van der Waals surface area contributed by atoms with E-state index in [0.29, 0.717) is 0 Å². The van der Waals surface area contributed by atoms with Crippen molar-refractivity contribution in [2.24, 2.45) is 0 Å². The van der Waals surface area contributed by atoms with Gasteiger partial charge >= 0.3 is 6.03 Å². The summed E-state index contributed by atoms with van der Waals surface area (Å²) in [6.45, 7) is 1.60. The summed E-state index contributed by atoms with van der Waals surface area (Å²) in [6.07, 6.45) is 2.47. The number of aromatic nitrogens is 2. The van der Waals surface area contributed by atoms with Gasteiger partial charge in [0.05, 0.1) is 5.39 Å². The highest BCUT2D eigenvalue weighted by Gasteiger charge is 2.22. The van der Waals surface area contributed by atoms with E-state index in [-0.39, 0.29) is 6.03 Å². The van der Waals surface area contributed by atoms with Crippen molar-refractivity contribution in [3.05, 3.63) is 77.4 Å². The SMILES string of the molecule is O=C(Nc1ccccc1)Nc1cccc2c1CCN(c1ncnc3sccc13)C2. The number of hydrogen-bond acceptors (Lipinski definition) is 5. The van der Waals surface area contributed by atoms with Crippen molar-refractivity contribution in [2.45, 2.75) is 13.0 Å². The Kier molecular flexibility index (Phi) is 4.57. The lowest BCUT2D eigenvalue weighted by Gasteiger charge is -2.31. The standard InChI is InChI=1S/C22H19N5OS/c28-22(25-16-6-2-1-3-7-16)26-19-8-4-5-15-13-27(11-9-17(15)19)20-18-10-12-29-21(18)24-14-23-20/h1-8,10,12,14H,9,11,13H2,(H2,25,26,28). The van der Waals surface area contributed by atoms with E-state index >= 15 is 0 Å². The van der Waals surface area contributed by atoms with Gasteiger partial charge in [0, 0.05) is 24.5 Å². The molecule has 2 aromatic heterocycles. The van der Waals surface area contributed by atoms with Crippen LogP contribution in [-0.4, -0.2) is 22.5 Å². The van der Waals surface area contributed by atoms with Crippen molar-refractivity contribution in [3.8, 4) is 0 Å². The second-order valence-corrected chi connectivity index (χ2v) is 7.79. The number of amides is 2. The van der Waals surface area contributed by atoms with E-state index in [4.69, 9.17) is 0 Å². The molecule has 6 nitrogen and oxygen atoms in total. The molecule has 29 heavy (non-hydrogen) atoms. The monoisotopic (exact) mass is 401 g/mol. The first kappa shape index (κ1) is 17.6. The molecule has 0 fully saturated rings. The maximum absolute atomic E-state index is 12.4. The van der Waals surface area contributed by atoms with Crippen LogP contribution in [-0.2, 0) is 13.0 Å². The number of anilines is 3. The largest absolute Gasteiger partial charge is 0.351 e. The lowest BCUT2D eigenvalue weighted by Crippen LogP contribution is -2.32. The molecule has 0 unspecified atom stereocenters. The summed E-state index contributed by atoms with van der Waals surface area (Å²) in [4.78, 5) is 24.6. The first-order valence-electron chi connectivity index (χ1n) is 9.45. The van der Waals surface area contributed by atoms with Crippen LogP contribution in [0.1, 0.15) is 11.1 Å². The Morgan fingerprint density at radius 3 is 2.79 bits per heavy atom. The fourth-order valence-corrected chi connectivity index (χ4v) is 4.47. The Morgan fingerprint density at radius 1 is 1.00 bits per heavy atom. The predicted octanol–water partition coefficient (Wildman–Crippen LogP) is 4.90. The zero-order chi connectivity index (χ0) is 19.6. The third-order valence-electron chi connectivity index (χ3n) is 5.09. The average Bonchev–Trinajstić information content (AvgIpc) is 3.23. The van der Waals surface area contributed by atoms with Gasteiger partial charge in [-0.3, -0.25) is 0 Å². The molecule has 0 atom stereocenters. The number of para-hydroxylation sites is 1. The number of urea groups is 1. The number of rotatable bonds is 3. The number of fused-ring (bicyclic) bond motifs is 2. The van der Waals surface area contributed by atoms with E-state index in [1.807, 2.05) is 47.8 Å². The lowest BCUT2D eigenvalue weighted by molar-refractivity contribution is 0.262. The van der Waals surface area contributed by atoms with Crippen LogP contribution >= 0.6 is 11.3 Å². The highest BCUT2D eigenvalue weighted by Crippen LogP contribution is 2.32. The minimum absolute atomic E-state index is 0.234. The van der Waals surface area contributed by atoms with Gasteiger partial charge in [-0.05, 0) is 47.2 Å². The zero-order valence-electron chi connectivity index (χ0n) is 15.6. The van der Waals surface area contributed by atoms with Crippen LogP contribution in [0.5, 0.6) is 0 Å². The molecule has 2 N–H and O–H groups in total. The fraction of sp³-hybridized carbons (Fsp3) is 0.136. The molecule has 0 saturated heterocycles. The summed E-state index contributed by atoms with van der Waals surface area (Å²) in [6, 6.07) is 17.4. The number of carbonyl (C=O) groups is 1. The van der Waals surface area contributed by atoms with E-state index in [9.17, 15) is 4.79 Å². The molecule has 1 aliphatic heterocycles. The maximum atomic E-state index is 12.4. The zero-order valence-corrected chi connectivity index (χ0v) is 16.4. The van der Waals surface area contributed by atoms with Crippen molar-refractivity contribution in [1.29, 1.82) is 0 Å². The molecule has 1 aliphatic rings. The van der Waals surface area contributed by atoms with Crippen molar-refractivity contribution < 1.29 is 4.79 Å². The molecule has 7 heteroatoms. The van der Waals surface area contributed by atoms with Crippen molar-refractivity contribution in [1.82, 2.24) is 9.97 Å². The van der Waals surface area contributed by atoms with Crippen molar-refractivity contribution in [2.75, 3.05) is 22.1 Å². The normalized spacial score (nSPS) is 13.2. The molecule has 4 aromatic rings. The lowest BCUT2D eigenvalue weighted by atomic mass is 9.97. The van der Waals surface area contributed by atoms with E-state index in [0.717, 1.165) is 46.9 Å². The van der Waals surface area contributed by atoms with Crippen LogP contribution in [0.25, 0.3) is 10.2 Å². The number of nitrogens with zero attached hydrogens (tertiary/aromatic N) is 3. The number of carbonyl (C=O) groups excluding carboxylic acids is 1. The smallest absolute Gasteiger partial charge is 0.323 e. The molecule has 2 amide bonds. The third kappa shape index (κ3) is 3.52. The first-order valence-corrected chi connectivity index (χ1v) is 10.3. The van der Waals surface area contributed by atoms with Gasteiger partial charge < -0.3 is 15.5 Å². The molecule has 0 aliphatic carbocycles. The van der Waals surface area contributed by atoms with Crippen molar-refractivity contribution in [3.63, 3.8) is 0 Å². The minimum Gasteiger partial charge on any atom is -0.351 e. The molecule has 0 radical (unpaired) electrons. The molecular weight excluding hydrogens is 382 g/mol. The van der Waals surface area contributed by atoms with Gasteiger partial charge in [-0.15, -0.1) is 11.3 Å². The summed E-state index contributed by atoms with van der Waals surface area (Å²) >= 11 is 1.63. The Labute approximate surface area is 172 Å². The second kappa shape index (κ2) is 7.52. The number of benzene rings is 2. The molecule has 0 spiro atoms. The topological polar surface area (TPSA) is 70.2 Å². The number of nitrogens with one attached hydrogen (secondary N) is 2. The molecule has 3 heterocycles. The average molecular weight is 401 g/mol. The van der Waals surface area contributed by atoms with Gasteiger partial charge in [0.15, 0.2) is 0 Å². The summed E-state index contributed by atoms with van der Waals surface area (Å²) in [7, 11) is 0. The van der Waals surface area contributed by atoms with Crippen LogP contribution in [0.2, 0.25) is 0 Å². The third-order valence-corrected chi connectivity index (χ3v) is 5.91.